The SMILES string of the molecule is CO[C@H]1[C@@H](OC(=O)C2CCNCC2)[C@H](N2C=CC(=O)NC2)O[C@@H]1[C@@H](OC1OC(C(=O)N[C@H]2CCC[C@@H](C)NC2=O)=C[C@H](O)[C@@H]1O)C(N)=O. The van der Waals surface area contributed by atoms with Gasteiger partial charge in [-0.1, -0.05) is 0 Å². The molecule has 18 nitrogen and oxygen atoms in total. The van der Waals surface area contributed by atoms with E-state index in [2.05, 4.69) is 21.3 Å². The Kier molecular flexibility index (Phi) is 11.5. The largest absolute Gasteiger partial charge is 0.456 e. The molecule has 10 atom stereocenters. The fourth-order valence-electron chi connectivity index (χ4n) is 6.36. The first-order valence-corrected chi connectivity index (χ1v) is 16.1. The molecule has 266 valence electrons. The molecule has 0 saturated carbocycles. The minimum absolute atomic E-state index is 0.0233. The molecule has 48 heavy (non-hydrogen) atoms. The summed E-state index contributed by atoms with van der Waals surface area (Å²) in [6.07, 6.45) is -5.16. The Balaban J connectivity index is 1.34. The molecule has 0 aromatic heterocycles. The molecule has 5 heterocycles. The molecule has 0 aliphatic carbocycles. The predicted octanol–water partition coefficient (Wildman–Crippen LogP) is -3.45. The van der Waals surface area contributed by atoms with Gasteiger partial charge >= 0.3 is 5.97 Å². The van der Waals surface area contributed by atoms with Gasteiger partial charge in [-0.15, -0.1) is 0 Å². The number of hydrogen-bond acceptors (Lipinski definition) is 14. The summed E-state index contributed by atoms with van der Waals surface area (Å²) in [7, 11) is 1.31. The summed E-state index contributed by atoms with van der Waals surface area (Å²) in [5, 5.41) is 32.5. The van der Waals surface area contributed by atoms with Crippen LogP contribution in [0, 0.1) is 5.92 Å². The van der Waals surface area contributed by atoms with E-state index in [0.717, 1.165) is 12.5 Å². The maximum absolute atomic E-state index is 13.3. The third-order valence-corrected chi connectivity index (χ3v) is 9.02. The van der Waals surface area contributed by atoms with E-state index in [9.17, 15) is 34.2 Å². The van der Waals surface area contributed by atoms with Gasteiger partial charge in [-0.05, 0) is 58.2 Å². The Labute approximate surface area is 276 Å². The highest BCUT2D eigenvalue weighted by molar-refractivity contribution is 5.95. The third-order valence-electron chi connectivity index (χ3n) is 9.02. The van der Waals surface area contributed by atoms with Crippen molar-refractivity contribution in [1.29, 1.82) is 0 Å². The van der Waals surface area contributed by atoms with Gasteiger partial charge in [-0.3, -0.25) is 24.0 Å². The van der Waals surface area contributed by atoms with Gasteiger partial charge < -0.3 is 65.8 Å². The van der Waals surface area contributed by atoms with Crippen molar-refractivity contribution in [1.82, 2.24) is 26.2 Å². The fraction of sp³-hybridized carbons (Fsp3) is 0.700. The van der Waals surface area contributed by atoms with Gasteiger partial charge in [-0.25, -0.2) is 0 Å². The predicted molar refractivity (Wildman–Crippen MR) is 161 cm³/mol. The molecule has 0 bridgehead atoms. The van der Waals surface area contributed by atoms with Crippen LogP contribution in [0.3, 0.4) is 0 Å². The summed E-state index contributed by atoms with van der Waals surface area (Å²) in [4.78, 5) is 65.2. The molecule has 5 aliphatic rings. The minimum Gasteiger partial charge on any atom is -0.456 e. The summed E-state index contributed by atoms with van der Waals surface area (Å²) in [5.41, 5.74) is 5.76. The maximum Gasteiger partial charge on any atom is 0.309 e. The number of piperidine rings is 1. The number of nitrogens with two attached hydrogens (primary N) is 1. The first-order valence-electron chi connectivity index (χ1n) is 16.1. The molecule has 18 heteroatoms. The number of ether oxygens (including phenoxy) is 5. The molecule has 1 unspecified atom stereocenters. The van der Waals surface area contributed by atoms with E-state index in [-0.39, 0.29) is 30.4 Å². The number of carbonyl (C=O) groups is 5. The van der Waals surface area contributed by atoms with Gasteiger partial charge in [-0.2, -0.15) is 0 Å². The molecule has 3 saturated heterocycles. The Morgan fingerprint density at radius 1 is 1.12 bits per heavy atom. The lowest BCUT2D eigenvalue weighted by Gasteiger charge is -2.35. The van der Waals surface area contributed by atoms with Gasteiger partial charge in [0.2, 0.25) is 24.0 Å². The van der Waals surface area contributed by atoms with Crippen LogP contribution in [0.1, 0.15) is 39.0 Å². The molecule has 3 fully saturated rings. The monoisotopic (exact) mass is 680 g/mol. The van der Waals surface area contributed by atoms with Gasteiger partial charge in [0.15, 0.2) is 24.2 Å². The van der Waals surface area contributed by atoms with Crippen molar-refractivity contribution in [2.24, 2.45) is 11.7 Å². The lowest BCUT2D eigenvalue weighted by atomic mass is 9.98. The zero-order valence-corrected chi connectivity index (χ0v) is 26.7. The number of carbonyl (C=O) groups excluding carboxylic acids is 5. The van der Waals surface area contributed by atoms with Gasteiger partial charge in [0, 0.05) is 25.4 Å². The van der Waals surface area contributed by atoms with E-state index >= 15 is 0 Å². The average molecular weight is 681 g/mol. The molecule has 8 N–H and O–H groups in total. The van der Waals surface area contributed by atoms with Crippen molar-refractivity contribution in [2.75, 3.05) is 26.9 Å². The lowest BCUT2D eigenvalue weighted by molar-refractivity contribution is -0.241. The van der Waals surface area contributed by atoms with Crippen LogP contribution in [-0.2, 0) is 47.7 Å². The van der Waals surface area contributed by atoms with Crippen LogP contribution in [-0.4, -0.2) is 133 Å². The smallest absolute Gasteiger partial charge is 0.309 e. The topological polar surface area (TPSA) is 249 Å². The van der Waals surface area contributed by atoms with E-state index in [1.807, 2.05) is 6.92 Å². The number of nitrogens with one attached hydrogen (secondary N) is 4. The molecule has 4 amide bonds. The number of hydrogen-bond donors (Lipinski definition) is 7. The highest BCUT2D eigenvalue weighted by Gasteiger charge is 2.55. The molecular formula is C30H44N6O12. The molecule has 0 spiro atoms. The van der Waals surface area contributed by atoms with E-state index in [1.54, 1.807) is 0 Å². The van der Waals surface area contributed by atoms with Crippen LogP contribution in [0.25, 0.3) is 0 Å². The summed E-state index contributed by atoms with van der Waals surface area (Å²) < 4.78 is 29.3. The molecule has 5 aliphatic heterocycles. The molecule has 0 aromatic carbocycles. The van der Waals surface area contributed by atoms with Crippen LogP contribution in [0.15, 0.2) is 24.1 Å². The fourth-order valence-corrected chi connectivity index (χ4v) is 6.36. The van der Waals surface area contributed by atoms with Crippen LogP contribution in [0.4, 0.5) is 0 Å². The number of rotatable bonds is 10. The molecular weight excluding hydrogens is 636 g/mol. The highest BCUT2D eigenvalue weighted by Crippen LogP contribution is 2.34. The number of primary amides is 1. The van der Waals surface area contributed by atoms with E-state index in [0.29, 0.717) is 38.8 Å². The highest BCUT2D eigenvalue weighted by atomic mass is 16.7. The first-order chi connectivity index (χ1) is 23.0. The summed E-state index contributed by atoms with van der Waals surface area (Å²) >= 11 is 0. The maximum atomic E-state index is 13.3. The second kappa shape index (κ2) is 15.6. The van der Waals surface area contributed by atoms with E-state index in [4.69, 9.17) is 29.4 Å². The Bertz CT molecular complexity index is 1290. The second-order valence-electron chi connectivity index (χ2n) is 12.5. The summed E-state index contributed by atoms with van der Waals surface area (Å²) in [5.74, 6) is -3.99. The molecule has 5 rings (SSSR count). The number of nitrogens with zero attached hydrogens (tertiary/aromatic N) is 1. The van der Waals surface area contributed by atoms with Crippen molar-refractivity contribution >= 4 is 29.6 Å². The van der Waals surface area contributed by atoms with Crippen LogP contribution >= 0.6 is 0 Å². The number of aliphatic hydroxyl groups is 2. The number of esters is 1. The van der Waals surface area contributed by atoms with Crippen LogP contribution in [0.5, 0.6) is 0 Å². The normalized spacial score (nSPS) is 35.0. The summed E-state index contributed by atoms with van der Waals surface area (Å²) in [6, 6.07) is -0.922. The zero-order chi connectivity index (χ0) is 34.5. The molecule has 0 aromatic rings. The number of amides is 4. The quantitative estimate of drug-likeness (QED) is 0.111. The lowest BCUT2D eigenvalue weighted by Crippen LogP contribution is -2.54. The summed E-state index contributed by atoms with van der Waals surface area (Å²) in [6.45, 7) is 3.10. The third kappa shape index (κ3) is 8.07. The Hall–Kier alpha value is -3.81. The first kappa shape index (κ1) is 35.5. The second-order valence-corrected chi connectivity index (χ2v) is 12.5. The average Bonchev–Trinajstić information content (AvgIpc) is 3.33. The van der Waals surface area contributed by atoms with E-state index < -0.39 is 78.7 Å². The number of methoxy groups -OCH3 is 1. The Morgan fingerprint density at radius 3 is 2.54 bits per heavy atom. The van der Waals surface area contributed by atoms with Crippen molar-refractivity contribution in [3.63, 3.8) is 0 Å². The number of aliphatic hydroxyl groups excluding tert-OH is 2. The van der Waals surface area contributed by atoms with Gasteiger partial charge in [0.05, 0.1) is 12.6 Å². The minimum atomic E-state index is -1.81. The zero-order valence-electron chi connectivity index (χ0n) is 26.7. The van der Waals surface area contributed by atoms with Crippen molar-refractivity contribution in [2.45, 2.75) is 100 Å². The van der Waals surface area contributed by atoms with Crippen LogP contribution in [0.2, 0.25) is 0 Å². The standard InChI is InChI=1S/C30H44N6O12/c1-14-4-3-5-16(26(41)34-14)35-27(42)18-12-17(37)20(39)30(45-18)48-23(25(31)40)22-21(44-2)24(47-29(43)15-6-9-32-10-7-15)28(46-22)36-11-8-19(38)33-13-36/h8,11-12,14-17,20-24,28,30,32,37,39H,3-7,9-10,13H2,1-2H3,(H2,31,40)(H,33,38)(H,34,41)(H,35,42)/t14-,16+,17+,20+,21-,22+,23-,24-,28-,30?/m1/s1. The van der Waals surface area contributed by atoms with Crippen molar-refractivity contribution in [3.05, 3.63) is 24.1 Å². The van der Waals surface area contributed by atoms with Crippen molar-refractivity contribution < 1.29 is 57.9 Å². The van der Waals surface area contributed by atoms with Gasteiger partial charge in [0.25, 0.3) is 5.91 Å². The Morgan fingerprint density at radius 2 is 1.88 bits per heavy atom. The van der Waals surface area contributed by atoms with Gasteiger partial charge in [0.1, 0.15) is 30.5 Å². The van der Waals surface area contributed by atoms with Crippen molar-refractivity contribution in [3.8, 4) is 0 Å². The molecule has 0 radical (unpaired) electrons. The van der Waals surface area contributed by atoms with E-state index in [1.165, 1.54) is 24.3 Å². The van der Waals surface area contributed by atoms with Crippen LogP contribution < -0.4 is 27.0 Å².